The average Bonchev–Trinajstić information content (AvgIpc) is 2.99. The SMILES string of the molecule is COc1ccc(C)cc1NC1=C(c2ccc(C)cc2C)C(=O)N(Cc2ccncc2)C1=O. The molecule has 0 bridgehead atoms. The molecule has 3 aromatic rings. The van der Waals surface area contributed by atoms with Crippen LogP contribution >= 0.6 is 0 Å². The Kier molecular flexibility index (Phi) is 5.77. The van der Waals surface area contributed by atoms with Crippen molar-refractivity contribution in [1.29, 1.82) is 0 Å². The Morgan fingerprint density at radius 1 is 0.906 bits per heavy atom. The summed E-state index contributed by atoms with van der Waals surface area (Å²) in [5.74, 6) is -0.103. The largest absolute Gasteiger partial charge is 0.495 e. The molecule has 6 heteroatoms. The maximum Gasteiger partial charge on any atom is 0.278 e. The number of rotatable bonds is 6. The van der Waals surface area contributed by atoms with Gasteiger partial charge in [-0.05, 0) is 67.3 Å². The molecule has 162 valence electrons. The van der Waals surface area contributed by atoms with Crippen LogP contribution in [0.1, 0.15) is 27.8 Å². The summed E-state index contributed by atoms with van der Waals surface area (Å²) in [6, 6.07) is 15.1. The predicted molar refractivity (Wildman–Crippen MR) is 124 cm³/mol. The first-order chi connectivity index (χ1) is 15.4. The molecule has 0 saturated carbocycles. The summed E-state index contributed by atoms with van der Waals surface area (Å²) < 4.78 is 5.47. The van der Waals surface area contributed by atoms with Crippen molar-refractivity contribution >= 4 is 23.1 Å². The van der Waals surface area contributed by atoms with E-state index in [1.54, 1.807) is 31.6 Å². The van der Waals surface area contributed by atoms with Gasteiger partial charge in [0.25, 0.3) is 11.8 Å². The minimum atomic E-state index is -0.370. The standard InChI is InChI=1S/C26H25N3O3/c1-16-5-7-20(18(3)13-16)23-24(28-21-14-17(2)6-8-22(21)32-4)26(31)29(25(23)30)15-19-9-11-27-12-10-19/h5-14,28H,15H2,1-4H3. The Morgan fingerprint density at radius 3 is 2.28 bits per heavy atom. The lowest BCUT2D eigenvalue weighted by atomic mass is 9.97. The number of benzene rings is 2. The molecule has 0 radical (unpaired) electrons. The molecule has 0 spiro atoms. The van der Waals surface area contributed by atoms with Crippen molar-refractivity contribution in [3.8, 4) is 5.75 Å². The number of carbonyl (C=O) groups excluding carboxylic acids is 2. The smallest absolute Gasteiger partial charge is 0.278 e. The van der Waals surface area contributed by atoms with Crippen LogP contribution in [0.3, 0.4) is 0 Å². The summed E-state index contributed by atoms with van der Waals surface area (Å²) in [6.07, 6.45) is 3.30. The molecule has 0 atom stereocenters. The highest BCUT2D eigenvalue weighted by atomic mass is 16.5. The Bertz CT molecular complexity index is 1230. The fourth-order valence-electron chi connectivity index (χ4n) is 3.90. The number of hydrogen-bond acceptors (Lipinski definition) is 5. The number of ether oxygens (including phenoxy) is 1. The predicted octanol–water partition coefficient (Wildman–Crippen LogP) is 4.41. The minimum Gasteiger partial charge on any atom is -0.495 e. The maximum atomic E-state index is 13.5. The van der Waals surface area contributed by atoms with Gasteiger partial charge in [-0.2, -0.15) is 0 Å². The lowest BCUT2D eigenvalue weighted by Crippen LogP contribution is -2.32. The van der Waals surface area contributed by atoms with Crippen LogP contribution in [0.5, 0.6) is 5.75 Å². The Hall–Kier alpha value is -3.93. The van der Waals surface area contributed by atoms with E-state index in [2.05, 4.69) is 10.3 Å². The van der Waals surface area contributed by atoms with E-state index < -0.39 is 0 Å². The third-order valence-electron chi connectivity index (χ3n) is 5.52. The minimum absolute atomic E-state index is 0.171. The first-order valence-corrected chi connectivity index (χ1v) is 10.4. The topological polar surface area (TPSA) is 71.5 Å². The maximum absolute atomic E-state index is 13.5. The van der Waals surface area contributed by atoms with Crippen molar-refractivity contribution in [3.05, 3.63) is 94.4 Å². The summed E-state index contributed by atoms with van der Waals surface area (Å²) in [7, 11) is 1.58. The van der Waals surface area contributed by atoms with E-state index in [1.165, 1.54) is 4.90 Å². The molecule has 1 aliphatic rings. The van der Waals surface area contributed by atoms with Crippen LogP contribution in [-0.4, -0.2) is 28.8 Å². The Balaban J connectivity index is 1.82. The average molecular weight is 428 g/mol. The molecular formula is C26H25N3O3. The second kappa shape index (κ2) is 8.67. The van der Waals surface area contributed by atoms with Crippen molar-refractivity contribution in [2.75, 3.05) is 12.4 Å². The summed E-state index contributed by atoms with van der Waals surface area (Å²) >= 11 is 0. The summed E-state index contributed by atoms with van der Waals surface area (Å²) in [5.41, 5.74) is 5.85. The van der Waals surface area contributed by atoms with E-state index in [0.29, 0.717) is 17.0 Å². The fourth-order valence-corrected chi connectivity index (χ4v) is 3.90. The molecule has 1 aliphatic heterocycles. The highest BCUT2D eigenvalue weighted by Gasteiger charge is 2.40. The molecule has 32 heavy (non-hydrogen) atoms. The molecule has 1 N–H and O–H groups in total. The zero-order valence-corrected chi connectivity index (χ0v) is 18.6. The van der Waals surface area contributed by atoms with Crippen molar-refractivity contribution in [2.24, 2.45) is 0 Å². The first-order valence-electron chi connectivity index (χ1n) is 10.4. The molecule has 0 saturated heterocycles. The number of methoxy groups -OCH3 is 1. The highest BCUT2D eigenvalue weighted by molar-refractivity contribution is 6.36. The van der Waals surface area contributed by atoms with Gasteiger partial charge in [0.15, 0.2) is 0 Å². The molecule has 1 aromatic heterocycles. The van der Waals surface area contributed by atoms with Gasteiger partial charge in [-0.3, -0.25) is 19.5 Å². The van der Waals surface area contributed by atoms with Crippen molar-refractivity contribution in [2.45, 2.75) is 27.3 Å². The number of hydrogen-bond donors (Lipinski definition) is 1. The normalized spacial score (nSPS) is 13.7. The number of aromatic nitrogens is 1. The monoisotopic (exact) mass is 427 g/mol. The number of imide groups is 1. The highest BCUT2D eigenvalue weighted by Crippen LogP contribution is 2.35. The number of nitrogens with zero attached hydrogens (tertiary/aromatic N) is 2. The third kappa shape index (κ3) is 3.99. The van der Waals surface area contributed by atoms with E-state index >= 15 is 0 Å². The van der Waals surface area contributed by atoms with Crippen LogP contribution in [-0.2, 0) is 16.1 Å². The fraction of sp³-hybridized carbons (Fsp3) is 0.192. The molecule has 4 rings (SSSR count). The summed E-state index contributed by atoms with van der Waals surface area (Å²) in [6.45, 7) is 6.08. The second-order valence-electron chi connectivity index (χ2n) is 7.95. The van der Waals surface area contributed by atoms with E-state index in [9.17, 15) is 9.59 Å². The van der Waals surface area contributed by atoms with Crippen LogP contribution in [0.15, 0.2) is 66.6 Å². The Morgan fingerprint density at radius 2 is 1.59 bits per heavy atom. The third-order valence-corrected chi connectivity index (χ3v) is 5.52. The van der Waals surface area contributed by atoms with Gasteiger partial charge in [0.05, 0.1) is 24.9 Å². The van der Waals surface area contributed by atoms with E-state index in [-0.39, 0.29) is 24.1 Å². The van der Waals surface area contributed by atoms with Gasteiger partial charge < -0.3 is 10.1 Å². The number of pyridine rings is 1. The van der Waals surface area contributed by atoms with E-state index in [4.69, 9.17) is 4.74 Å². The lowest BCUT2D eigenvalue weighted by molar-refractivity contribution is -0.137. The van der Waals surface area contributed by atoms with Gasteiger partial charge >= 0.3 is 0 Å². The molecule has 0 aliphatic carbocycles. The first kappa shape index (κ1) is 21.3. The zero-order valence-electron chi connectivity index (χ0n) is 18.6. The molecule has 2 amide bonds. The second-order valence-corrected chi connectivity index (χ2v) is 7.95. The van der Waals surface area contributed by atoms with Gasteiger partial charge in [-0.1, -0.05) is 29.8 Å². The van der Waals surface area contributed by atoms with Gasteiger partial charge in [-0.15, -0.1) is 0 Å². The van der Waals surface area contributed by atoms with Gasteiger partial charge in [0.2, 0.25) is 0 Å². The molecule has 6 nitrogen and oxygen atoms in total. The van der Waals surface area contributed by atoms with Gasteiger partial charge in [0.1, 0.15) is 11.4 Å². The molecule has 2 aromatic carbocycles. The van der Waals surface area contributed by atoms with Crippen molar-refractivity contribution in [1.82, 2.24) is 9.88 Å². The number of aryl methyl sites for hydroxylation is 3. The van der Waals surface area contributed by atoms with Crippen molar-refractivity contribution in [3.63, 3.8) is 0 Å². The van der Waals surface area contributed by atoms with Crippen LogP contribution in [0.2, 0.25) is 0 Å². The Labute approximate surface area is 187 Å². The number of carbonyl (C=O) groups is 2. The van der Waals surface area contributed by atoms with E-state index in [0.717, 1.165) is 27.8 Å². The zero-order chi connectivity index (χ0) is 22.8. The number of anilines is 1. The van der Waals surface area contributed by atoms with Crippen molar-refractivity contribution < 1.29 is 14.3 Å². The summed E-state index contributed by atoms with van der Waals surface area (Å²) in [5, 5.41) is 3.22. The number of amides is 2. The van der Waals surface area contributed by atoms with Crippen LogP contribution in [0.4, 0.5) is 5.69 Å². The van der Waals surface area contributed by atoms with Gasteiger partial charge in [0, 0.05) is 12.4 Å². The molecule has 2 heterocycles. The van der Waals surface area contributed by atoms with Crippen LogP contribution < -0.4 is 10.1 Å². The van der Waals surface area contributed by atoms with E-state index in [1.807, 2.05) is 57.2 Å². The summed E-state index contributed by atoms with van der Waals surface area (Å²) in [4.78, 5) is 32.3. The van der Waals surface area contributed by atoms with Gasteiger partial charge in [-0.25, -0.2) is 0 Å². The van der Waals surface area contributed by atoms with Crippen LogP contribution in [0, 0.1) is 20.8 Å². The molecule has 0 fully saturated rings. The quantitative estimate of drug-likeness (QED) is 0.590. The lowest BCUT2D eigenvalue weighted by Gasteiger charge is -2.16. The molecule has 0 unspecified atom stereocenters. The van der Waals surface area contributed by atoms with Crippen LogP contribution in [0.25, 0.3) is 5.57 Å². The molecular weight excluding hydrogens is 402 g/mol. The number of nitrogens with one attached hydrogen (secondary N) is 1.